The number of anilines is 2. The summed E-state index contributed by atoms with van der Waals surface area (Å²) in [6, 6.07) is 14.8. The highest BCUT2D eigenvalue weighted by molar-refractivity contribution is 8.15. The normalized spacial score (nSPS) is 23.4. The lowest BCUT2D eigenvalue weighted by Crippen LogP contribution is -2.48. The van der Waals surface area contributed by atoms with Gasteiger partial charge in [0.2, 0.25) is 0 Å². The first kappa shape index (κ1) is 22.9. The molecule has 0 spiro atoms. The highest BCUT2D eigenvalue weighted by Gasteiger charge is 2.42. The molecule has 2 saturated heterocycles. The zero-order valence-corrected chi connectivity index (χ0v) is 20.4. The Morgan fingerprint density at radius 3 is 2.21 bits per heavy atom. The molecule has 34 heavy (non-hydrogen) atoms. The van der Waals surface area contributed by atoms with Gasteiger partial charge in [-0.05, 0) is 55.5 Å². The fourth-order valence-electron chi connectivity index (χ4n) is 4.49. The van der Waals surface area contributed by atoms with Crippen molar-refractivity contribution < 1.29 is 18.0 Å². The Kier molecular flexibility index (Phi) is 6.11. The molecule has 10 heteroatoms. The zero-order valence-electron chi connectivity index (χ0n) is 18.8. The number of piperazine rings is 1. The van der Waals surface area contributed by atoms with Crippen molar-refractivity contribution in [2.24, 2.45) is 4.99 Å². The smallest absolute Gasteiger partial charge is 0.253 e. The molecule has 3 aliphatic rings. The highest BCUT2D eigenvalue weighted by Crippen LogP contribution is 2.34. The molecular formula is C24H26N4O4S2. The Bertz CT molecular complexity index is 1230. The molecule has 2 fully saturated rings. The quantitative estimate of drug-likeness (QED) is 0.647. The lowest BCUT2D eigenvalue weighted by Gasteiger charge is -2.36. The van der Waals surface area contributed by atoms with Crippen LogP contribution in [0.5, 0.6) is 0 Å². The van der Waals surface area contributed by atoms with Gasteiger partial charge in [-0.15, -0.1) is 0 Å². The summed E-state index contributed by atoms with van der Waals surface area (Å²) >= 11 is 1.48. The van der Waals surface area contributed by atoms with Crippen molar-refractivity contribution in [2.45, 2.75) is 18.2 Å². The maximum atomic E-state index is 13.0. The third kappa shape index (κ3) is 4.83. The van der Waals surface area contributed by atoms with Crippen LogP contribution in [-0.2, 0) is 9.84 Å². The van der Waals surface area contributed by atoms with E-state index in [0.717, 1.165) is 29.6 Å². The maximum absolute atomic E-state index is 13.0. The van der Waals surface area contributed by atoms with Crippen molar-refractivity contribution in [3.05, 3.63) is 59.7 Å². The number of aliphatic imine (C=N–C) groups is 1. The van der Waals surface area contributed by atoms with E-state index < -0.39 is 9.84 Å². The van der Waals surface area contributed by atoms with Gasteiger partial charge in [0.1, 0.15) is 0 Å². The van der Waals surface area contributed by atoms with Gasteiger partial charge in [0.15, 0.2) is 20.8 Å². The van der Waals surface area contributed by atoms with Gasteiger partial charge >= 0.3 is 0 Å². The van der Waals surface area contributed by atoms with Crippen molar-refractivity contribution >= 4 is 49.8 Å². The Labute approximate surface area is 203 Å². The van der Waals surface area contributed by atoms with E-state index in [4.69, 9.17) is 0 Å². The predicted octanol–water partition coefficient (Wildman–Crippen LogP) is 2.53. The summed E-state index contributed by atoms with van der Waals surface area (Å²) in [7, 11) is -2.97. The van der Waals surface area contributed by atoms with Crippen LogP contribution in [0.4, 0.5) is 11.4 Å². The number of Topliss-reactive ketones (excluding diaryl/α,β-unsaturated/α-hetero) is 1. The van der Waals surface area contributed by atoms with Crippen molar-refractivity contribution in [1.29, 1.82) is 0 Å². The molecule has 3 heterocycles. The van der Waals surface area contributed by atoms with Gasteiger partial charge in [-0.3, -0.25) is 14.6 Å². The molecule has 0 bridgehead atoms. The van der Waals surface area contributed by atoms with Crippen LogP contribution in [0.3, 0.4) is 0 Å². The van der Waals surface area contributed by atoms with Crippen LogP contribution in [0.2, 0.25) is 0 Å². The first-order chi connectivity index (χ1) is 16.3. The minimum absolute atomic E-state index is 0.000841. The monoisotopic (exact) mass is 498 g/mol. The van der Waals surface area contributed by atoms with E-state index in [1.54, 1.807) is 6.92 Å². The minimum Gasteiger partial charge on any atom is -0.368 e. The summed E-state index contributed by atoms with van der Waals surface area (Å²) < 4.78 is 23.4. The number of carbonyl (C=O) groups is 2. The van der Waals surface area contributed by atoms with Gasteiger partial charge in [-0.1, -0.05) is 11.8 Å². The molecule has 0 saturated carbocycles. The summed E-state index contributed by atoms with van der Waals surface area (Å²) in [6.07, 6.45) is 0. The van der Waals surface area contributed by atoms with Crippen LogP contribution in [0.25, 0.3) is 0 Å². The van der Waals surface area contributed by atoms with Gasteiger partial charge in [0.25, 0.3) is 5.91 Å². The first-order valence-corrected chi connectivity index (χ1v) is 13.9. The SMILES string of the molecule is CC(=O)c1ccc(N2CCN(C(=O)c3ccc(NC4=N[C@@H]5CS(=O)(=O)C[C@@H]5S4)cc3)CC2)cc1. The number of fused-ring (bicyclic) bond motifs is 1. The number of nitrogens with one attached hydrogen (secondary N) is 1. The molecule has 0 aromatic heterocycles. The molecule has 8 nitrogen and oxygen atoms in total. The fraction of sp³-hybridized carbons (Fsp3) is 0.375. The van der Waals surface area contributed by atoms with E-state index in [1.807, 2.05) is 53.4 Å². The molecule has 1 amide bonds. The third-order valence-electron chi connectivity index (χ3n) is 6.41. The molecular weight excluding hydrogens is 472 g/mol. The number of sulfone groups is 1. The lowest BCUT2D eigenvalue weighted by molar-refractivity contribution is 0.0746. The first-order valence-electron chi connectivity index (χ1n) is 11.2. The standard InChI is InChI=1S/C24H26N4O4S2/c1-16(29)17-4-8-20(9-5-17)27-10-12-28(13-11-27)23(30)18-2-6-19(7-3-18)25-24-26-21-14-34(31,32)15-22(21)33-24/h2-9,21-22H,10-15H2,1H3,(H,25,26)/t21-,22+/m1/s1. The van der Waals surface area contributed by atoms with Crippen molar-refractivity contribution in [3.63, 3.8) is 0 Å². The largest absolute Gasteiger partial charge is 0.368 e. The summed E-state index contributed by atoms with van der Waals surface area (Å²) in [6.45, 7) is 4.29. The molecule has 5 rings (SSSR count). The van der Waals surface area contributed by atoms with Gasteiger partial charge in [-0.2, -0.15) is 0 Å². The van der Waals surface area contributed by atoms with E-state index in [0.29, 0.717) is 24.2 Å². The Morgan fingerprint density at radius 1 is 0.941 bits per heavy atom. The average Bonchev–Trinajstić information content (AvgIpc) is 3.31. The molecule has 0 aliphatic carbocycles. The van der Waals surface area contributed by atoms with E-state index in [1.165, 1.54) is 11.8 Å². The number of nitrogens with zero attached hydrogens (tertiary/aromatic N) is 3. The van der Waals surface area contributed by atoms with Crippen molar-refractivity contribution in [3.8, 4) is 0 Å². The number of amidine groups is 1. The fourth-order valence-corrected chi connectivity index (χ4v) is 8.17. The van der Waals surface area contributed by atoms with E-state index in [9.17, 15) is 18.0 Å². The Balaban J connectivity index is 1.15. The molecule has 2 atom stereocenters. The number of thioether (sulfide) groups is 1. The topological polar surface area (TPSA) is 99.2 Å². The Morgan fingerprint density at radius 2 is 1.59 bits per heavy atom. The summed E-state index contributed by atoms with van der Waals surface area (Å²) in [5.74, 6) is 0.364. The average molecular weight is 499 g/mol. The van der Waals surface area contributed by atoms with Gasteiger partial charge in [-0.25, -0.2) is 8.42 Å². The maximum Gasteiger partial charge on any atom is 0.253 e. The van der Waals surface area contributed by atoms with E-state index in [2.05, 4.69) is 15.2 Å². The predicted molar refractivity (Wildman–Crippen MR) is 136 cm³/mol. The molecule has 0 unspecified atom stereocenters. The zero-order chi connectivity index (χ0) is 23.9. The van der Waals surface area contributed by atoms with Crippen LogP contribution in [-0.4, -0.2) is 79.2 Å². The second kappa shape index (κ2) is 9.07. The van der Waals surface area contributed by atoms with Crippen molar-refractivity contribution in [1.82, 2.24) is 4.90 Å². The van der Waals surface area contributed by atoms with Gasteiger partial charge in [0.05, 0.1) is 17.5 Å². The van der Waals surface area contributed by atoms with Crippen LogP contribution in [0.1, 0.15) is 27.6 Å². The van der Waals surface area contributed by atoms with E-state index in [-0.39, 0.29) is 34.5 Å². The number of hydrogen-bond donors (Lipinski definition) is 1. The molecule has 178 valence electrons. The molecule has 2 aromatic carbocycles. The second-order valence-electron chi connectivity index (χ2n) is 8.82. The summed E-state index contributed by atoms with van der Waals surface area (Å²) in [4.78, 5) is 33.0. The van der Waals surface area contributed by atoms with Gasteiger partial charge in [0, 0.05) is 53.9 Å². The summed E-state index contributed by atoms with van der Waals surface area (Å²) in [5.41, 5.74) is 3.21. The molecule has 2 aromatic rings. The second-order valence-corrected chi connectivity index (χ2v) is 12.2. The highest BCUT2D eigenvalue weighted by atomic mass is 32.2. The number of carbonyl (C=O) groups excluding carboxylic acids is 2. The molecule has 3 aliphatic heterocycles. The van der Waals surface area contributed by atoms with Crippen LogP contribution >= 0.6 is 11.8 Å². The number of ketones is 1. The number of rotatable bonds is 4. The number of hydrogen-bond acceptors (Lipinski definition) is 8. The van der Waals surface area contributed by atoms with Gasteiger partial charge < -0.3 is 15.1 Å². The summed E-state index contributed by atoms with van der Waals surface area (Å²) in [5, 5.41) is 3.97. The number of amides is 1. The Hall–Kier alpha value is -2.85. The van der Waals surface area contributed by atoms with Crippen LogP contribution < -0.4 is 10.2 Å². The number of benzene rings is 2. The van der Waals surface area contributed by atoms with Crippen molar-refractivity contribution in [2.75, 3.05) is 47.9 Å². The molecule has 1 N–H and O–H groups in total. The third-order valence-corrected chi connectivity index (χ3v) is 9.55. The lowest BCUT2D eigenvalue weighted by atomic mass is 10.1. The van der Waals surface area contributed by atoms with Crippen LogP contribution in [0.15, 0.2) is 53.5 Å². The van der Waals surface area contributed by atoms with E-state index >= 15 is 0 Å². The minimum atomic E-state index is -2.97. The molecule has 0 radical (unpaired) electrons. The van der Waals surface area contributed by atoms with Crippen LogP contribution in [0, 0.1) is 0 Å².